The topological polar surface area (TPSA) is 119 Å². The van der Waals surface area contributed by atoms with Gasteiger partial charge in [0.15, 0.2) is 11.3 Å². The highest BCUT2D eigenvalue weighted by atomic mass is 35.5. The molecule has 578 valence electrons. The molecular weight excluding hydrogens is 1440 g/mol. The summed E-state index contributed by atoms with van der Waals surface area (Å²) in [7, 11) is 1.71. The van der Waals surface area contributed by atoms with Crippen LogP contribution in [0.2, 0.25) is 10.0 Å². The molecule has 4 atom stereocenters. The molecule has 8 aromatic heterocycles. The van der Waals surface area contributed by atoms with Gasteiger partial charge in [-0.2, -0.15) is 13.2 Å². The van der Waals surface area contributed by atoms with E-state index in [1.54, 1.807) is 43.8 Å². The Hall–Kier alpha value is -8.56. The lowest BCUT2D eigenvalue weighted by Crippen LogP contribution is -2.39. The number of rotatable bonds is 13. The highest BCUT2D eigenvalue weighted by Crippen LogP contribution is 2.47. The van der Waals surface area contributed by atoms with Crippen molar-refractivity contribution in [1.29, 1.82) is 0 Å². The van der Waals surface area contributed by atoms with Crippen LogP contribution in [0.3, 0.4) is 0 Å². The second-order valence-corrected chi connectivity index (χ2v) is 32.7. The molecule has 4 fully saturated rings. The van der Waals surface area contributed by atoms with E-state index in [9.17, 15) is 17.6 Å². The summed E-state index contributed by atoms with van der Waals surface area (Å²) < 4.78 is 66.6. The maximum Gasteiger partial charge on any atom is 0.416 e. The van der Waals surface area contributed by atoms with Gasteiger partial charge in [-0.1, -0.05) is 116 Å². The Kier molecular flexibility index (Phi) is 22.3. The first kappa shape index (κ1) is 75.1. The molecule has 12 aromatic rings. The zero-order chi connectivity index (χ0) is 75.9. The molecule has 0 aliphatic carbocycles. The minimum atomic E-state index is -4.30. The highest BCUT2D eigenvalue weighted by molar-refractivity contribution is 6.31. The normalized spacial score (nSPS) is 19.8. The third kappa shape index (κ3) is 15.6. The molecule has 16 heterocycles. The number of pyridine rings is 2. The number of nitrogens with zero attached hydrogens (tertiary/aromatic N) is 14. The van der Waals surface area contributed by atoms with Crippen LogP contribution in [0.25, 0.3) is 44.4 Å². The standard InChI is InChI=1S/C23H23ClF3N3.C23H26ClN3O.C22H25FN4.C22H26N4/c24-17-13-18-21-19-3-1-2-10-29(19)11-9-20(21)30(22(18)28-14-17)12-8-15-4-6-16(7-5-15)23(25,26)27;1-28-18-7-5-16(6-8-18)9-13-27-21-10-12-26-11-3-2-4-20(26)22(21)19-14-17(24)15-25-23(19)27;1-15-14-24-22-21(25-15)20-18-4-2-3-11-26(18)12-10-19(20)27(22)13-9-16-5-7-17(23)8-6-16;1-16-15-23-22-21(24-16)20-18-9-5-6-12-25(18)13-11-19(20)26(22)14-10-17-7-3-2-4-8-17/h4-7,13-14,19H,1-3,8-12H2;5-8,14-15,20H,2-4,9-13H2,1H3;5-8,14,18H,2-4,9-13H2,1H3;2-4,7-8,15,18H,5-6,9-14H2,1H3. The Morgan fingerprint density at radius 1 is 0.405 bits per heavy atom. The number of aryl methyl sites for hydroxylation is 10. The van der Waals surface area contributed by atoms with E-state index in [0.717, 1.165) is 182 Å². The number of piperidine rings is 4. The van der Waals surface area contributed by atoms with Crippen LogP contribution in [0.15, 0.2) is 140 Å². The van der Waals surface area contributed by atoms with Crippen molar-refractivity contribution >= 4 is 67.6 Å². The number of aromatic nitrogens is 10. The fourth-order valence-corrected chi connectivity index (χ4v) is 20.1. The molecule has 21 heteroatoms. The molecule has 8 aliphatic rings. The summed E-state index contributed by atoms with van der Waals surface area (Å²) in [6.07, 6.45) is 26.0. The number of hydrogen-bond acceptors (Lipinski definition) is 11. The second-order valence-electron chi connectivity index (χ2n) is 31.8. The van der Waals surface area contributed by atoms with E-state index in [1.165, 1.54) is 158 Å². The molecule has 0 amide bonds. The fraction of sp³-hybridized carbons (Fsp3) is 0.444. The van der Waals surface area contributed by atoms with Crippen molar-refractivity contribution in [2.24, 2.45) is 0 Å². The first-order valence-corrected chi connectivity index (χ1v) is 41.5. The van der Waals surface area contributed by atoms with Crippen LogP contribution < -0.4 is 4.74 Å². The van der Waals surface area contributed by atoms with Gasteiger partial charge >= 0.3 is 6.18 Å². The summed E-state index contributed by atoms with van der Waals surface area (Å²) in [6, 6.07) is 37.6. The Balaban J connectivity index is 0.000000108. The van der Waals surface area contributed by atoms with Crippen LogP contribution in [0.4, 0.5) is 17.6 Å². The lowest BCUT2D eigenvalue weighted by Gasteiger charge is -2.39. The monoisotopic (exact) mass is 1540 g/mol. The average molecular weight is 1540 g/mol. The third-order valence-electron chi connectivity index (χ3n) is 25.1. The third-order valence-corrected chi connectivity index (χ3v) is 25.5. The van der Waals surface area contributed by atoms with E-state index >= 15 is 0 Å². The van der Waals surface area contributed by atoms with Crippen LogP contribution in [0, 0.1) is 19.7 Å². The van der Waals surface area contributed by atoms with E-state index in [2.05, 4.69) is 98.3 Å². The number of fused-ring (bicyclic) bond motifs is 20. The van der Waals surface area contributed by atoms with Gasteiger partial charge in [0.2, 0.25) is 0 Å². The minimum Gasteiger partial charge on any atom is -0.497 e. The van der Waals surface area contributed by atoms with Gasteiger partial charge in [0.25, 0.3) is 0 Å². The predicted molar refractivity (Wildman–Crippen MR) is 434 cm³/mol. The maximum absolute atomic E-state index is 13.2. The molecule has 0 saturated carbocycles. The Bertz CT molecular complexity index is 5290. The first-order chi connectivity index (χ1) is 54.2. The molecule has 0 bridgehead atoms. The molecule has 0 spiro atoms. The van der Waals surface area contributed by atoms with Crippen LogP contribution in [0.5, 0.6) is 5.75 Å². The van der Waals surface area contributed by atoms with Gasteiger partial charge in [-0.3, -0.25) is 19.6 Å². The molecule has 4 saturated heterocycles. The summed E-state index contributed by atoms with van der Waals surface area (Å²) >= 11 is 12.6. The summed E-state index contributed by atoms with van der Waals surface area (Å²) in [5.74, 6) is 0.725. The van der Waals surface area contributed by atoms with Gasteiger partial charge in [0.1, 0.15) is 33.9 Å². The van der Waals surface area contributed by atoms with Crippen molar-refractivity contribution in [1.82, 2.24) is 67.8 Å². The molecule has 8 aliphatic heterocycles. The zero-order valence-electron chi connectivity index (χ0n) is 64.2. The molecule has 0 N–H and O–H groups in total. The average Bonchev–Trinajstić information content (AvgIpc) is 1.61. The van der Waals surface area contributed by atoms with Gasteiger partial charge in [0, 0.05) is 159 Å². The largest absolute Gasteiger partial charge is 0.497 e. The molecular formula is C90H100Cl2F4N14O. The Morgan fingerprint density at radius 3 is 1.14 bits per heavy atom. The van der Waals surface area contributed by atoms with Crippen molar-refractivity contribution in [3.8, 4) is 5.75 Å². The van der Waals surface area contributed by atoms with Crippen molar-refractivity contribution in [2.45, 2.75) is 199 Å². The van der Waals surface area contributed by atoms with Crippen LogP contribution in [-0.4, -0.2) is 127 Å². The maximum atomic E-state index is 13.2. The fourth-order valence-electron chi connectivity index (χ4n) is 19.8. The summed E-state index contributed by atoms with van der Waals surface area (Å²) in [5, 5.41) is 3.75. The lowest BCUT2D eigenvalue weighted by molar-refractivity contribution is -0.137. The van der Waals surface area contributed by atoms with Gasteiger partial charge in [-0.15, -0.1) is 0 Å². The molecule has 111 heavy (non-hydrogen) atoms. The van der Waals surface area contributed by atoms with Crippen molar-refractivity contribution in [3.05, 3.63) is 240 Å². The zero-order valence-corrected chi connectivity index (χ0v) is 65.7. The molecule has 20 rings (SSSR count). The molecule has 0 radical (unpaired) electrons. The SMILES string of the molecule is COc1ccc(CCn2c3c(c4cc(Cl)cnc42)C2CCCCN2CC3)cc1.Cc1cnc2c(n1)c1c(n2CCc2ccc(F)cc2)CCN2CCCCC12.Cc1cnc2c(n1)c1c(n2CCc2ccccc2)CCN2CCCCC12.FC(F)(F)c1ccc(CCn2c3c(c4cc(Cl)cnc42)C2CCCCN2CC3)cc1. The van der Waals surface area contributed by atoms with E-state index in [-0.39, 0.29) is 5.82 Å². The first-order valence-electron chi connectivity index (χ1n) is 40.7. The highest BCUT2D eigenvalue weighted by Gasteiger charge is 2.40. The predicted octanol–water partition coefficient (Wildman–Crippen LogP) is 19.3. The molecule has 4 unspecified atom stereocenters. The Labute approximate surface area is 658 Å². The molecule has 4 aromatic carbocycles. The lowest BCUT2D eigenvalue weighted by atomic mass is 9.89. The van der Waals surface area contributed by atoms with Gasteiger partial charge in [0.05, 0.1) is 46.5 Å². The van der Waals surface area contributed by atoms with Crippen LogP contribution in [-0.2, 0) is 83.7 Å². The quantitative estimate of drug-likeness (QED) is 0.103. The van der Waals surface area contributed by atoms with Crippen LogP contribution >= 0.6 is 23.2 Å². The summed E-state index contributed by atoms with van der Waals surface area (Å²) in [6.45, 7) is 16.9. The number of benzene rings is 4. The smallest absolute Gasteiger partial charge is 0.416 e. The van der Waals surface area contributed by atoms with E-state index in [1.807, 2.05) is 49.6 Å². The van der Waals surface area contributed by atoms with Gasteiger partial charge in [-0.25, -0.2) is 34.3 Å². The van der Waals surface area contributed by atoms with Gasteiger partial charge in [-0.05, 0) is 199 Å². The number of methoxy groups -OCH3 is 1. The summed E-state index contributed by atoms with van der Waals surface area (Å²) in [5.41, 5.74) is 24.0. The summed E-state index contributed by atoms with van der Waals surface area (Å²) in [4.78, 5) is 39.4. The molecule has 15 nitrogen and oxygen atoms in total. The van der Waals surface area contributed by atoms with Gasteiger partial charge < -0.3 is 23.0 Å². The van der Waals surface area contributed by atoms with Crippen molar-refractivity contribution in [2.75, 3.05) is 59.5 Å². The van der Waals surface area contributed by atoms with E-state index in [0.29, 0.717) is 42.2 Å². The number of halogens is 6. The minimum absolute atomic E-state index is 0.179. The Morgan fingerprint density at radius 2 is 0.748 bits per heavy atom. The van der Waals surface area contributed by atoms with E-state index < -0.39 is 11.7 Å². The number of ether oxygens (including phenoxy) is 1. The van der Waals surface area contributed by atoms with Crippen LogP contribution in [0.1, 0.15) is 185 Å². The second kappa shape index (κ2) is 32.9. The number of hydrogen-bond donors (Lipinski definition) is 0. The number of alkyl halides is 3. The van der Waals surface area contributed by atoms with Crippen molar-refractivity contribution in [3.63, 3.8) is 0 Å². The van der Waals surface area contributed by atoms with E-state index in [4.69, 9.17) is 52.9 Å². The van der Waals surface area contributed by atoms with Crippen molar-refractivity contribution < 1.29 is 22.3 Å².